The molecule has 5 heteroatoms. The van der Waals surface area contributed by atoms with Crippen molar-refractivity contribution in [1.82, 2.24) is 4.57 Å². The number of carboxylic acids is 1. The summed E-state index contributed by atoms with van der Waals surface area (Å²) in [5.74, 6) is -0.741. The number of hydrogen-bond acceptors (Lipinski definition) is 3. The average molecular weight is 221 g/mol. The van der Waals surface area contributed by atoms with Gasteiger partial charge in [0, 0.05) is 12.4 Å². The number of methoxy groups -OCH3 is 1. The number of aromatic nitrogens is 1. The van der Waals surface area contributed by atoms with Gasteiger partial charge in [-0.25, -0.2) is 4.79 Å². The lowest BCUT2D eigenvalue weighted by molar-refractivity contribution is 0.0687. The number of nitrogens with zero attached hydrogens (tertiary/aromatic N) is 1. The predicted octanol–water partition coefficient (Wildman–Crippen LogP) is 1.59. The standard InChI is InChI=1S/C11H11NO4/c1-12-7-3-4-9(16-2)10(13)6(7)5-8(12)11(14)15/h3-5,13H,1-2H3,(H,14,15). The van der Waals surface area contributed by atoms with Crippen LogP contribution in [0.5, 0.6) is 11.5 Å². The van der Waals surface area contributed by atoms with E-state index in [4.69, 9.17) is 9.84 Å². The van der Waals surface area contributed by atoms with E-state index in [-0.39, 0.29) is 11.4 Å². The molecule has 0 spiro atoms. The van der Waals surface area contributed by atoms with Gasteiger partial charge in [-0.3, -0.25) is 0 Å². The van der Waals surface area contributed by atoms with Gasteiger partial charge in [0.25, 0.3) is 0 Å². The first-order chi connectivity index (χ1) is 7.56. The molecule has 0 radical (unpaired) electrons. The van der Waals surface area contributed by atoms with Crippen LogP contribution in [0.3, 0.4) is 0 Å². The second-order valence-corrected chi connectivity index (χ2v) is 3.44. The molecule has 1 heterocycles. The average Bonchev–Trinajstić information content (AvgIpc) is 2.58. The second-order valence-electron chi connectivity index (χ2n) is 3.44. The zero-order chi connectivity index (χ0) is 11.9. The van der Waals surface area contributed by atoms with E-state index >= 15 is 0 Å². The number of fused-ring (bicyclic) bond motifs is 1. The summed E-state index contributed by atoms with van der Waals surface area (Å²) in [6.45, 7) is 0. The van der Waals surface area contributed by atoms with Crippen LogP contribution in [0.4, 0.5) is 0 Å². The van der Waals surface area contributed by atoms with Crippen LogP contribution in [0.2, 0.25) is 0 Å². The van der Waals surface area contributed by atoms with Crippen LogP contribution in [0.1, 0.15) is 10.5 Å². The first-order valence-electron chi connectivity index (χ1n) is 4.65. The molecule has 0 bridgehead atoms. The molecule has 0 aliphatic heterocycles. The van der Waals surface area contributed by atoms with Gasteiger partial charge in [-0.1, -0.05) is 0 Å². The summed E-state index contributed by atoms with van der Waals surface area (Å²) in [5.41, 5.74) is 0.772. The third-order valence-corrected chi connectivity index (χ3v) is 2.60. The van der Waals surface area contributed by atoms with Crippen molar-refractivity contribution in [2.45, 2.75) is 0 Å². The molecule has 0 fully saturated rings. The topological polar surface area (TPSA) is 71.7 Å². The number of aryl methyl sites for hydroxylation is 1. The molecule has 0 saturated heterocycles. The van der Waals surface area contributed by atoms with Crippen molar-refractivity contribution < 1.29 is 19.7 Å². The molecule has 84 valence electrons. The van der Waals surface area contributed by atoms with Crippen LogP contribution >= 0.6 is 0 Å². The highest BCUT2D eigenvalue weighted by Gasteiger charge is 2.16. The molecule has 5 nitrogen and oxygen atoms in total. The van der Waals surface area contributed by atoms with E-state index in [0.717, 1.165) is 0 Å². The lowest BCUT2D eigenvalue weighted by atomic mass is 10.2. The van der Waals surface area contributed by atoms with Gasteiger partial charge in [0.2, 0.25) is 0 Å². The molecule has 0 atom stereocenters. The van der Waals surface area contributed by atoms with Gasteiger partial charge in [-0.15, -0.1) is 0 Å². The van der Waals surface area contributed by atoms with Crippen molar-refractivity contribution in [3.8, 4) is 11.5 Å². The van der Waals surface area contributed by atoms with Crippen molar-refractivity contribution in [3.05, 3.63) is 23.9 Å². The molecule has 0 amide bonds. The van der Waals surface area contributed by atoms with Gasteiger partial charge in [-0.2, -0.15) is 0 Å². The number of carboxylic acid groups (broad SMARTS) is 1. The molecule has 2 rings (SSSR count). The van der Waals surface area contributed by atoms with E-state index in [9.17, 15) is 9.90 Å². The molecule has 0 aliphatic rings. The van der Waals surface area contributed by atoms with Crippen molar-refractivity contribution in [2.24, 2.45) is 7.05 Å². The Morgan fingerprint density at radius 3 is 2.69 bits per heavy atom. The minimum atomic E-state index is -1.03. The zero-order valence-corrected chi connectivity index (χ0v) is 8.89. The number of carbonyl (C=O) groups is 1. The maximum atomic E-state index is 10.9. The monoisotopic (exact) mass is 221 g/mol. The number of phenolic OH excluding ortho intramolecular Hbond substituents is 1. The maximum Gasteiger partial charge on any atom is 0.352 e. The largest absolute Gasteiger partial charge is 0.504 e. The lowest BCUT2D eigenvalue weighted by Crippen LogP contribution is -2.03. The SMILES string of the molecule is COc1ccc2c(cc(C(=O)O)n2C)c1O. The summed E-state index contributed by atoms with van der Waals surface area (Å²) in [6, 6.07) is 4.74. The summed E-state index contributed by atoms with van der Waals surface area (Å²) < 4.78 is 6.47. The van der Waals surface area contributed by atoms with Crippen LogP contribution in [-0.2, 0) is 7.05 Å². The van der Waals surface area contributed by atoms with E-state index in [1.54, 1.807) is 19.2 Å². The van der Waals surface area contributed by atoms with Crippen LogP contribution in [0.25, 0.3) is 10.9 Å². The summed E-state index contributed by atoms with van der Waals surface area (Å²) in [5, 5.41) is 19.3. The van der Waals surface area contributed by atoms with E-state index in [1.807, 2.05) is 0 Å². The Bertz CT molecular complexity index is 571. The van der Waals surface area contributed by atoms with E-state index < -0.39 is 5.97 Å². The third-order valence-electron chi connectivity index (χ3n) is 2.60. The normalized spacial score (nSPS) is 10.6. The lowest BCUT2D eigenvalue weighted by Gasteiger charge is -2.04. The molecular weight excluding hydrogens is 210 g/mol. The number of phenols is 1. The highest BCUT2D eigenvalue weighted by atomic mass is 16.5. The summed E-state index contributed by atoms with van der Waals surface area (Å²) >= 11 is 0. The van der Waals surface area contributed by atoms with Crippen LogP contribution < -0.4 is 4.74 Å². The third kappa shape index (κ3) is 1.29. The fourth-order valence-electron chi connectivity index (χ4n) is 1.75. The molecule has 1 aromatic heterocycles. The quantitative estimate of drug-likeness (QED) is 0.807. The fraction of sp³-hybridized carbons (Fsp3) is 0.182. The first kappa shape index (κ1) is 10.4. The molecule has 0 saturated carbocycles. The Labute approximate surface area is 91.5 Å². The van der Waals surface area contributed by atoms with Gasteiger partial charge in [0.05, 0.1) is 12.6 Å². The smallest absolute Gasteiger partial charge is 0.352 e. The van der Waals surface area contributed by atoms with Crippen LogP contribution in [0.15, 0.2) is 18.2 Å². The van der Waals surface area contributed by atoms with Gasteiger partial charge in [-0.05, 0) is 18.2 Å². The molecule has 1 aromatic carbocycles. The Morgan fingerprint density at radius 2 is 2.12 bits per heavy atom. The molecule has 0 unspecified atom stereocenters. The van der Waals surface area contributed by atoms with Gasteiger partial charge < -0.3 is 19.5 Å². The number of aromatic hydroxyl groups is 1. The van der Waals surface area contributed by atoms with Crippen LogP contribution in [-0.4, -0.2) is 27.9 Å². The summed E-state index contributed by atoms with van der Waals surface area (Å²) in [6.07, 6.45) is 0. The molecular formula is C11H11NO4. The summed E-state index contributed by atoms with van der Waals surface area (Å²) in [7, 11) is 3.08. The van der Waals surface area contributed by atoms with Gasteiger partial charge >= 0.3 is 5.97 Å². The minimum Gasteiger partial charge on any atom is -0.504 e. The fourth-order valence-corrected chi connectivity index (χ4v) is 1.75. The predicted molar refractivity (Wildman–Crippen MR) is 58.1 cm³/mol. The van der Waals surface area contributed by atoms with Crippen LogP contribution in [0, 0.1) is 0 Å². The zero-order valence-electron chi connectivity index (χ0n) is 8.89. The molecule has 16 heavy (non-hydrogen) atoms. The Balaban J connectivity index is 2.81. The van der Waals surface area contributed by atoms with Gasteiger partial charge in [0.15, 0.2) is 11.5 Å². The maximum absolute atomic E-state index is 10.9. The number of benzene rings is 1. The molecule has 2 N–H and O–H groups in total. The van der Waals surface area contributed by atoms with E-state index in [2.05, 4.69) is 0 Å². The van der Waals surface area contributed by atoms with E-state index in [0.29, 0.717) is 16.7 Å². The number of hydrogen-bond donors (Lipinski definition) is 2. The van der Waals surface area contributed by atoms with Crippen molar-refractivity contribution in [2.75, 3.05) is 7.11 Å². The minimum absolute atomic E-state index is 0.0388. The molecule has 0 aliphatic carbocycles. The Kier molecular flexibility index (Phi) is 2.23. The van der Waals surface area contributed by atoms with Crippen molar-refractivity contribution in [1.29, 1.82) is 0 Å². The second kappa shape index (κ2) is 3.44. The number of rotatable bonds is 2. The highest BCUT2D eigenvalue weighted by molar-refractivity contribution is 5.97. The highest BCUT2D eigenvalue weighted by Crippen LogP contribution is 2.35. The molecule has 2 aromatic rings. The van der Waals surface area contributed by atoms with Gasteiger partial charge in [0.1, 0.15) is 5.69 Å². The van der Waals surface area contributed by atoms with Crippen molar-refractivity contribution >= 4 is 16.9 Å². The summed E-state index contributed by atoms with van der Waals surface area (Å²) in [4.78, 5) is 10.9. The van der Waals surface area contributed by atoms with E-state index in [1.165, 1.54) is 17.7 Å². The van der Waals surface area contributed by atoms with Crippen molar-refractivity contribution in [3.63, 3.8) is 0 Å². The number of aromatic carboxylic acids is 1. The first-order valence-corrected chi connectivity index (χ1v) is 4.65. The Hall–Kier alpha value is -2.17. The number of ether oxygens (including phenoxy) is 1. The Morgan fingerprint density at radius 1 is 1.44 bits per heavy atom.